The van der Waals surface area contributed by atoms with Gasteiger partial charge in [0.1, 0.15) is 0 Å². The van der Waals surface area contributed by atoms with Gasteiger partial charge in [0.15, 0.2) is 9.84 Å². The van der Waals surface area contributed by atoms with Gasteiger partial charge >= 0.3 is 0 Å². The van der Waals surface area contributed by atoms with Gasteiger partial charge in [0.25, 0.3) is 0 Å². The van der Waals surface area contributed by atoms with Crippen molar-refractivity contribution in [1.29, 1.82) is 0 Å². The minimum absolute atomic E-state index is 0.00412. The Morgan fingerprint density at radius 3 is 2.38 bits per heavy atom. The molecule has 16 heavy (non-hydrogen) atoms. The predicted octanol–water partition coefficient (Wildman–Crippen LogP) is 1.60. The van der Waals surface area contributed by atoms with Crippen LogP contribution in [0, 0.1) is 13.8 Å². The summed E-state index contributed by atoms with van der Waals surface area (Å²) in [5.74, 6) is -0.00412. The Morgan fingerprint density at radius 1 is 1.25 bits per heavy atom. The summed E-state index contributed by atoms with van der Waals surface area (Å²) in [5, 5.41) is 8.17. The van der Waals surface area contributed by atoms with Crippen LogP contribution in [0.25, 0.3) is 0 Å². The number of hydrogen-bond acceptors (Lipinski definition) is 3. The lowest BCUT2D eigenvalue weighted by molar-refractivity contribution is 0.295. The first-order chi connectivity index (χ1) is 7.36. The molecular weight excluding hydrogens is 224 g/mol. The van der Waals surface area contributed by atoms with E-state index in [2.05, 4.69) is 0 Å². The Morgan fingerprint density at radius 2 is 1.88 bits per heavy atom. The summed E-state index contributed by atoms with van der Waals surface area (Å²) in [6.45, 7) is 5.15. The van der Waals surface area contributed by atoms with E-state index in [1.807, 2.05) is 32.0 Å². The zero-order valence-electron chi connectivity index (χ0n) is 9.90. The molecule has 4 heteroatoms. The highest BCUT2D eigenvalue weighted by Gasteiger charge is 2.20. The van der Waals surface area contributed by atoms with Crippen LogP contribution in [-0.4, -0.2) is 25.4 Å². The van der Waals surface area contributed by atoms with Crippen molar-refractivity contribution in [3.05, 3.63) is 34.9 Å². The second kappa shape index (κ2) is 4.97. The lowest BCUT2D eigenvalue weighted by atomic mass is 10.1. The van der Waals surface area contributed by atoms with Crippen LogP contribution >= 0.6 is 0 Å². The maximum Gasteiger partial charge on any atom is 0.159 e. The summed E-state index contributed by atoms with van der Waals surface area (Å²) < 4.78 is 23.5. The average molecular weight is 242 g/mol. The van der Waals surface area contributed by atoms with Gasteiger partial charge in [-0.15, -0.1) is 0 Å². The van der Waals surface area contributed by atoms with Gasteiger partial charge in [-0.25, -0.2) is 8.42 Å². The molecule has 0 saturated heterocycles. The van der Waals surface area contributed by atoms with E-state index in [1.165, 1.54) is 6.92 Å². The lowest BCUT2D eigenvalue weighted by Crippen LogP contribution is -2.23. The third-order valence-corrected chi connectivity index (χ3v) is 4.92. The Kier molecular flexibility index (Phi) is 4.10. The van der Waals surface area contributed by atoms with Crippen molar-refractivity contribution in [3.8, 4) is 0 Å². The van der Waals surface area contributed by atoms with Crippen LogP contribution in [0.5, 0.6) is 0 Å². The molecule has 90 valence electrons. The number of benzene rings is 1. The van der Waals surface area contributed by atoms with Crippen LogP contribution in [0.2, 0.25) is 0 Å². The predicted molar refractivity (Wildman–Crippen MR) is 65.1 cm³/mol. The molecule has 0 saturated carbocycles. The van der Waals surface area contributed by atoms with Crippen molar-refractivity contribution in [1.82, 2.24) is 0 Å². The van der Waals surface area contributed by atoms with Crippen molar-refractivity contribution in [2.24, 2.45) is 0 Å². The summed E-state index contributed by atoms with van der Waals surface area (Å²) in [6, 6.07) is 5.63. The third kappa shape index (κ3) is 3.06. The largest absolute Gasteiger partial charge is 0.395 e. The smallest absolute Gasteiger partial charge is 0.159 e. The molecule has 0 heterocycles. The van der Waals surface area contributed by atoms with Crippen LogP contribution in [0.15, 0.2) is 18.2 Å². The third-order valence-electron chi connectivity index (χ3n) is 2.81. The Balaban J connectivity index is 2.93. The fourth-order valence-corrected chi connectivity index (χ4v) is 2.54. The monoisotopic (exact) mass is 242 g/mol. The van der Waals surface area contributed by atoms with Crippen LogP contribution in [-0.2, 0) is 15.6 Å². The maximum atomic E-state index is 11.8. The van der Waals surface area contributed by atoms with E-state index < -0.39 is 15.1 Å². The number of hydrogen-bond donors (Lipinski definition) is 1. The number of rotatable bonds is 4. The highest BCUT2D eigenvalue weighted by Crippen LogP contribution is 2.15. The van der Waals surface area contributed by atoms with E-state index in [-0.39, 0.29) is 12.4 Å². The van der Waals surface area contributed by atoms with E-state index in [9.17, 15) is 8.42 Å². The molecule has 0 spiro atoms. The van der Waals surface area contributed by atoms with Gasteiger partial charge in [-0.2, -0.15) is 0 Å². The molecule has 3 nitrogen and oxygen atoms in total. The van der Waals surface area contributed by atoms with Crippen molar-refractivity contribution >= 4 is 9.84 Å². The van der Waals surface area contributed by atoms with Crippen molar-refractivity contribution in [2.45, 2.75) is 31.8 Å². The molecule has 1 aromatic carbocycles. The highest BCUT2D eigenvalue weighted by atomic mass is 32.2. The van der Waals surface area contributed by atoms with Crippen LogP contribution < -0.4 is 0 Å². The molecule has 1 N–H and O–H groups in total. The second-order valence-electron chi connectivity index (χ2n) is 4.22. The molecular formula is C12H18O3S. The van der Waals surface area contributed by atoms with Crippen LogP contribution in [0.3, 0.4) is 0 Å². The molecule has 0 radical (unpaired) electrons. The molecule has 1 rings (SSSR count). The van der Waals surface area contributed by atoms with Gasteiger partial charge in [0.2, 0.25) is 0 Å². The van der Waals surface area contributed by atoms with Crippen molar-refractivity contribution in [2.75, 3.05) is 6.61 Å². The van der Waals surface area contributed by atoms with Crippen molar-refractivity contribution < 1.29 is 13.5 Å². The molecule has 0 aromatic heterocycles. The first-order valence-electron chi connectivity index (χ1n) is 5.25. The molecule has 0 bridgehead atoms. The minimum atomic E-state index is -3.24. The van der Waals surface area contributed by atoms with E-state index in [1.54, 1.807) is 0 Å². The van der Waals surface area contributed by atoms with Gasteiger partial charge < -0.3 is 5.11 Å². The molecule has 0 aliphatic rings. The zero-order chi connectivity index (χ0) is 12.3. The van der Waals surface area contributed by atoms with Gasteiger partial charge in [0, 0.05) is 0 Å². The highest BCUT2D eigenvalue weighted by molar-refractivity contribution is 7.91. The van der Waals surface area contributed by atoms with Gasteiger partial charge in [-0.1, -0.05) is 18.2 Å². The van der Waals surface area contributed by atoms with Gasteiger partial charge in [-0.05, 0) is 37.5 Å². The fraction of sp³-hybridized carbons (Fsp3) is 0.500. The average Bonchev–Trinajstić information content (AvgIpc) is 2.22. The van der Waals surface area contributed by atoms with E-state index in [4.69, 9.17) is 5.11 Å². The minimum Gasteiger partial charge on any atom is -0.395 e. The quantitative estimate of drug-likeness (QED) is 0.872. The van der Waals surface area contributed by atoms with E-state index in [0.29, 0.717) is 0 Å². The number of aliphatic hydroxyl groups excluding tert-OH is 1. The number of sulfone groups is 1. The Hall–Kier alpha value is -0.870. The zero-order valence-corrected chi connectivity index (χ0v) is 10.7. The maximum absolute atomic E-state index is 11.8. The summed E-state index contributed by atoms with van der Waals surface area (Å²) in [6.07, 6.45) is 0. The summed E-state index contributed by atoms with van der Waals surface area (Å²) in [7, 11) is -3.24. The van der Waals surface area contributed by atoms with E-state index >= 15 is 0 Å². The first kappa shape index (κ1) is 13.2. The summed E-state index contributed by atoms with van der Waals surface area (Å²) in [4.78, 5) is 0. The second-order valence-corrected chi connectivity index (χ2v) is 6.64. The summed E-state index contributed by atoms with van der Waals surface area (Å²) in [5.41, 5.74) is 3.02. The fourth-order valence-electron chi connectivity index (χ4n) is 1.38. The SMILES string of the molecule is Cc1ccc(CS(=O)(=O)C(C)CO)cc1C. The van der Waals surface area contributed by atoms with E-state index in [0.717, 1.165) is 16.7 Å². The van der Waals surface area contributed by atoms with Gasteiger partial charge in [-0.3, -0.25) is 0 Å². The standard InChI is InChI=1S/C12H18O3S/c1-9-4-5-12(6-10(9)2)8-16(14,15)11(3)7-13/h4-6,11,13H,7-8H2,1-3H3. The van der Waals surface area contributed by atoms with Gasteiger partial charge in [0.05, 0.1) is 17.6 Å². The molecule has 1 unspecified atom stereocenters. The topological polar surface area (TPSA) is 54.4 Å². The normalized spacial score (nSPS) is 13.8. The molecule has 0 aliphatic heterocycles. The lowest BCUT2D eigenvalue weighted by Gasteiger charge is -2.11. The molecule has 1 aromatic rings. The first-order valence-corrected chi connectivity index (χ1v) is 6.97. The van der Waals surface area contributed by atoms with Crippen molar-refractivity contribution in [3.63, 3.8) is 0 Å². The Bertz CT molecular complexity index is 463. The van der Waals surface area contributed by atoms with Crippen LogP contribution in [0.4, 0.5) is 0 Å². The molecule has 0 aliphatic carbocycles. The summed E-state index contributed by atoms with van der Waals surface area (Å²) >= 11 is 0. The molecule has 0 amide bonds. The number of aliphatic hydroxyl groups is 1. The van der Waals surface area contributed by atoms with Crippen LogP contribution in [0.1, 0.15) is 23.6 Å². The molecule has 0 fully saturated rings. The Labute approximate surface area is 97.0 Å². The number of aryl methyl sites for hydroxylation is 2. The molecule has 1 atom stereocenters.